The van der Waals surface area contributed by atoms with Crippen molar-refractivity contribution in [2.24, 2.45) is 0 Å². The van der Waals surface area contributed by atoms with Crippen LogP contribution < -0.4 is 0 Å². The Kier molecular flexibility index (Phi) is 2.91. The lowest BCUT2D eigenvalue weighted by molar-refractivity contribution is 0.592. The van der Waals surface area contributed by atoms with E-state index in [0.29, 0.717) is 11.1 Å². The quantitative estimate of drug-likeness (QED) is 0.530. The summed E-state index contributed by atoms with van der Waals surface area (Å²) in [5.74, 6) is 0.339. The lowest BCUT2D eigenvalue weighted by Gasteiger charge is -2.08. The Morgan fingerprint density at radius 2 is 2.00 bits per heavy atom. The second-order valence-electron chi connectivity index (χ2n) is 4.75. The third kappa shape index (κ3) is 1.97. The molecule has 0 spiro atoms. The van der Waals surface area contributed by atoms with Gasteiger partial charge in [-0.15, -0.1) is 0 Å². The number of pyridine rings is 1. The lowest BCUT2D eigenvalue weighted by atomic mass is 10.1. The molecule has 0 aliphatic rings. The number of aromatic nitrogens is 4. The normalized spacial score (nSPS) is 13.5. The highest BCUT2D eigenvalue weighted by molar-refractivity contribution is 7.90. The highest BCUT2D eigenvalue weighted by Gasteiger charge is 2.14. The standard InChI is InChI=1S/C13H14N4OS/c1-8(2)10-7-14-11-5-4-9-6-15-13(19(3)18)16-12(9)17(10)11/h4-8H,1-3H3. The van der Waals surface area contributed by atoms with Gasteiger partial charge in [0.1, 0.15) is 11.9 Å². The fourth-order valence-electron chi connectivity index (χ4n) is 2.10. The second-order valence-corrected chi connectivity index (χ2v) is 6.02. The molecule has 3 aromatic heterocycles. The number of fused-ring (bicyclic) bond motifs is 3. The van der Waals surface area contributed by atoms with E-state index < -0.39 is 11.2 Å². The third-order valence-electron chi connectivity index (χ3n) is 3.06. The van der Waals surface area contributed by atoms with Crippen LogP contribution in [0.5, 0.6) is 0 Å². The molecule has 0 aromatic carbocycles. The van der Waals surface area contributed by atoms with Gasteiger partial charge in [-0.3, -0.25) is 4.40 Å². The van der Waals surface area contributed by atoms with Gasteiger partial charge in [0.2, 0.25) is 0 Å². The third-order valence-corrected chi connectivity index (χ3v) is 3.77. The monoisotopic (exact) mass is 274 g/mol. The van der Waals surface area contributed by atoms with Crippen LogP contribution in [-0.2, 0) is 11.2 Å². The fourth-order valence-corrected chi connectivity index (χ4v) is 2.52. The summed E-state index contributed by atoms with van der Waals surface area (Å²) in [6.45, 7) is 4.23. The molecule has 3 rings (SSSR count). The molecule has 3 heterocycles. The van der Waals surface area contributed by atoms with Crippen molar-refractivity contribution < 1.29 is 4.55 Å². The number of nitrogens with zero attached hydrogens (tertiary/aromatic N) is 4. The Hall–Kier alpha value is -1.66. The number of hydrogen-bond donors (Lipinski definition) is 0. The van der Waals surface area contributed by atoms with Gasteiger partial charge in [-0.2, -0.15) is 9.97 Å². The van der Waals surface area contributed by atoms with Crippen molar-refractivity contribution >= 4 is 27.9 Å². The summed E-state index contributed by atoms with van der Waals surface area (Å²) in [7, 11) is 0. The molecular formula is C13H14N4OS. The molecule has 0 saturated carbocycles. The van der Waals surface area contributed by atoms with E-state index in [-0.39, 0.29) is 0 Å². The number of hydrogen-bond acceptors (Lipinski definition) is 4. The summed E-state index contributed by atoms with van der Waals surface area (Å²) in [5, 5.41) is 1.27. The zero-order valence-corrected chi connectivity index (χ0v) is 11.8. The van der Waals surface area contributed by atoms with Crippen LogP contribution in [0.3, 0.4) is 0 Å². The maximum Gasteiger partial charge on any atom is 0.344 e. The average Bonchev–Trinajstić information content (AvgIpc) is 2.82. The van der Waals surface area contributed by atoms with E-state index in [1.807, 2.05) is 22.7 Å². The molecule has 0 saturated heterocycles. The molecule has 0 bridgehead atoms. The summed E-state index contributed by atoms with van der Waals surface area (Å²) < 4.78 is 13.6. The summed E-state index contributed by atoms with van der Waals surface area (Å²) in [4.78, 5) is 12.9. The fraction of sp³-hybridized carbons (Fsp3) is 0.308. The predicted octanol–water partition coefficient (Wildman–Crippen LogP) is 2.14. The van der Waals surface area contributed by atoms with Crippen molar-refractivity contribution in [2.75, 3.05) is 6.26 Å². The zero-order chi connectivity index (χ0) is 13.6. The van der Waals surface area contributed by atoms with Gasteiger partial charge in [0, 0.05) is 34.6 Å². The molecule has 5 nitrogen and oxygen atoms in total. The van der Waals surface area contributed by atoms with Crippen LogP contribution in [0.1, 0.15) is 25.5 Å². The van der Waals surface area contributed by atoms with Crippen LogP contribution in [0.25, 0.3) is 16.7 Å². The van der Waals surface area contributed by atoms with Crippen LogP contribution in [-0.4, -0.2) is 30.2 Å². The van der Waals surface area contributed by atoms with E-state index in [1.54, 1.807) is 12.5 Å². The minimum atomic E-state index is -1.19. The molecular weight excluding hydrogens is 260 g/mol. The molecule has 1 unspecified atom stereocenters. The molecule has 0 aliphatic carbocycles. The van der Waals surface area contributed by atoms with E-state index in [4.69, 9.17) is 0 Å². The molecule has 0 radical (unpaired) electrons. The van der Waals surface area contributed by atoms with Crippen LogP contribution in [0.15, 0.2) is 29.7 Å². The first-order valence-corrected chi connectivity index (χ1v) is 7.60. The van der Waals surface area contributed by atoms with Crippen LogP contribution in [0.2, 0.25) is 0 Å². The molecule has 6 heteroatoms. The molecule has 0 amide bonds. The molecule has 19 heavy (non-hydrogen) atoms. The van der Waals surface area contributed by atoms with Crippen LogP contribution in [0.4, 0.5) is 0 Å². The summed E-state index contributed by atoms with van der Waals surface area (Å²) in [6.07, 6.45) is 5.16. The van der Waals surface area contributed by atoms with Crippen LogP contribution in [0, 0.1) is 0 Å². The van der Waals surface area contributed by atoms with Gasteiger partial charge in [-0.05, 0) is 18.1 Å². The second kappa shape index (κ2) is 4.47. The molecule has 98 valence electrons. The summed E-state index contributed by atoms with van der Waals surface area (Å²) in [6, 6.07) is 3.88. The number of rotatable bonds is 2. The van der Waals surface area contributed by atoms with Gasteiger partial charge in [0.25, 0.3) is 0 Å². The minimum Gasteiger partial charge on any atom is -0.609 e. The van der Waals surface area contributed by atoms with Crippen molar-refractivity contribution in [2.45, 2.75) is 24.9 Å². The lowest BCUT2D eigenvalue weighted by Crippen LogP contribution is -2.06. The van der Waals surface area contributed by atoms with Crippen molar-refractivity contribution in [1.29, 1.82) is 0 Å². The van der Waals surface area contributed by atoms with E-state index in [9.17, 15) is 4.55 Å². The van der Waals surface area contributed by atoms with E-state index in [2.05, 4.69) is 28.8 Å². The Labute approximate surface area is 113 Å². The highest BCUT2D eigenvalue weighted by atomic mass is 32.2. The minimum absolute atomic E-state index is 0.339. The topological polar surface area (TPSA) is 66.1 Å². The first-order chi connectivity index (χ1) is 9.08. The first kappa shape index (κ1) is 12.4. The van der Waals surface area contributed by atoms with Gasteiger partial charge in [-0.1, -0.05) is 13.8 Å². The van der Waals surface area contributed by atoms with Gasteiger partial charge < -0.3 is 4.55 Å². The Morgan fingerprint density at radius 3 is 2.68 bits per heavy atom. The summed E-state index contributed by atoms with van der Waals surface area (Å²) in [5.41, 5.74) is 2.70. The van der Waals surface area contributed by atoms with Gasteiger partial charge in [0.15, 0.2) is 5.65 Å². The van der Waals surface area contributed by atoms with Gasteiger partial charge >= 0.3 is 5.16 Å². The molecule has 0 fully saturated rings. The maximum atomic E-state index is 11.5. The molecule has 0 N–H and O–H groups in total. The maximum absolute atomic E-state index is 11.5. The smallest absolute Gasteiger partial charge is 0.344 e. The summed E-state index contributed by atoms with van der Waals surface area (Å²) >= 11 is -1.19. The van der Waals surface area contributed by atoms with Crippen LogP contribution >= 0.6 is 0 Å². The van der Waals surface area contributed by atoms with Crippen molar-refractivity contribution in [3.05, 3.63) is 30.2 Å². The zero-order valence-electron chi connectivity index (χ0n) is 11.0. The Balaban J connectivity index is 2.41. The van der Waals surface area contributed by atoms with E-state index >= 15 is 0 Å². The average molecular weight is 274 g/mol. The molecule has 1 atom stereocenters. The SMILES string of the molecule is CC(C)c1cnc2ccc3cnc([S+](C)[O-])nc3n12. The Bertz CT molecular complexity index is 751. The highest BCUT2D eigenvalue weighted by Crippen LogP contribution is 2.22. The van der Waals surface area contributed by atoms with Crippen molar-refractivity contribution in [3.8, 4) is 0 Å². The van der Waals surface area contributed by atoms with Crippen molar-refractivity contribution in [1.82, 2.24) is 19.4 Å². The van der Waals surface area contributed by atoms with Gasteiger partial charge in [0.05, 0.1) is 0 Å². The molecule has 3 aromatic rings. The first-order valence-electron chi connectivity index (χ1n) is 6.04. The predicted molar refractivity (Wildman–Crippen MR) is 74.7 cm³/mol. The van der Waals surface area contributed by atoms with Crippen molar-refractivity contribution in [3.63, 3.8) is 0 Å². The Morgan fingerprint density at radius 1 is 1.21 bits per heavy atom. The molecule has 0 aliphatic heterocycles. The van der Waals surface area contributed by atoms with Gasteiger partial charge in [-0.25, -0.2) is 4.98 Å². The largest absolute Gasteiger partial charge is 0.609 e. The number of imidazole rings is 1. The van der Waals surface area contributed by atoms with E-state index in [1.165, 1.54) is 0 Å². The van der Waals surface area contributed by atoms with E-state index in [0.717, 1.165) is 22.4 Å².